The minimum atomic E-state index is -4.29. The van der Waals surface area contributed by atoms with Crippen molar-refractivity contribution < 1.29 is 35.5 Å². The number of hydrogen-bond donors (Lipinski definition) is 3. The number of rotatable bonds is 8. The van der Waals surface area contributed by atoms with E-state index in [2.05, 4.69) is 18.5 Å². The first-order chi connectivity index (χ1) is 11.0. The quantitative estimate of drug-likeness (QED) is 0.360. The van der Waals surface area contributed by atoms with E-state index in [1.165, 1.54) is 18.7 Å². The highest BCUT2D eigenvalue weighted by Crippen LogP contribution is 2.09. The molecular weight excluding hydrogens is 376 g/mol. The highest BCUT2D eigenvalue weighted by atomic mass is 32.2. The molecule has 0 aliphatic carbocycles. The Morgan fingerprint density at radius 1 is 1.12 bits per heavy atom. The summed E-state index contributed by atoms with van der Waals surface area (Å²) in [6.45, 7) is 8.72. The third kappa shape index (κ3) is 10.8. The molecule has 0 saturated heterocycles. The van der Waals surface area contributed by atoms with Crippen molar-refractivity contribution in [3.8, 4) is 0 Å². The van der Waals surface area contributed by atoms with Crippen molar-refractivity contribution in [1.29, 1.82) is 0 Å². The van der Waals surface area contributed by atoms with E-state index in [1.54, 1.807) is 14.1 Å². The Hall–Kier alpha value is -1.60. The lowest BCUT2D eigenvalue weighted by Crippen LogP contribution is -2.48. The molecule has 0 aromatic carbocycles. The smallest absolute Gasteiger partial charge is 0.288 e. The van der Waals surface area contributed by atoms with Crippen LogP contribution in [0, 0.1) is 0 Å². The summed E-state index contributed by atoms with van der Waals surface area (Å²) in [6.07, 6.45) is 1.96. The van der Waals surface area contributed by atoms with Crippen molar-refractivity contribution in [3.05, 3.63) is 25.3 Å². The van der Waals surface area contributed by atoms with Gasteiger partial charge >= 0.3 is 0 Å². The second-order valence-electron chi connectivity index (χ2n) is 5.51. The van der Waals surface area contributed by atoms with Gasteiger partial charge in [0.2, 0.25) is 5.91 Å². The summed E-state index contributed by atoms with van der Waals surface area (Å²) in [5.41, 5.74) is 0. The number of hydrogen-bond acceptors (Lipinski definition) is 7. The van der Waals surface area contributed by atoms with Crippen molar-refractivity contribution in [2.24, 2.45) is 0 Å². The lowest BCUT2D eigenvalue weighted by molar-refractivity contribution is -0.118. The Bertz CT molecular complexity index is 708. The molecule has 0 aliphatic heterocycles. The van der Waals surface area contributed by atoms with Gasteiger partial charge in [-0.25, -0.2) is 0 Å². The number of carbonyl (C=O) groups excluding carboxylic acids is 2. The Labute approximate surface area is 148 Å². The van der Waals surface area contributed by atoms with Gasteiger partial charge in [0.25, 0.3) is 20.2 Å². The molecule has 3 N–H and O–H groups in total. The highest BCUT2D eigenvalue weighted by molar-refractivity contribution is 7.87. The molecule has 0 aliphatic rings. The van der Waals surface area contributed by atoms with E-state index in [1.807, 2.05) is 0 Å². The second kappa shape index (κ2) is 9.77. The van der Waals surface area contributed by atoms with Gasteiger partial charge in [-0.3, -0.25) is 23.6 Å². The average molecular weight is 400 g/mol. The zero-order valence-corrected chi connectivity index (χ0v) is 16.1. The van der Waals surface area contributed by atoms with Crippen LogP contribution in [0.1, 0.15) is 13.8 Å². The van der Waals surface area contributed by atoms with Crippen LogP contribution in [-0.2, 0) is 29.8 Å². The Balaban J connectivity index is 0. The van der Waals surface area contributed by atoms with Crippen molar-refractivity contribution in [2.75, 3.05) is 19.8 Å². The Morgan fingerprint density at radius 3 is 1.80 bits per heavy atom. The SMILES string of the molecule is C=CC(=O)C(CS(=O)(=O)O)N(C)C.C=CC(=O)NC(C)(C)S(=O)(=O)O. The molecule has 0 heterocycles. The molecule has 0 aromatic rings. The molecule has 1 amide bonds. The van der Waals surface area contributed by atoms with Crippen LogP contribution in [0.4, 0.5) is 0 Å². The molecule has 12 heteroatoms. The van der Waals surface area contributed by atoms with Crippen LogP contribution < -0.4 is 5.32 Å². The minimum Gasteiger partial charge on any atom is -0.332 e. The van der Waals surface area contributed by atoms with Crippen LogP contribution in [0.2, 0.25) is 0 Å². The molecule has 0 radical (unpaired) electrons. The number of nitrogens with zero attached hydrogens (tertiary/aromatic N) is 1. The zero-order chi connectivity index (χ0) is 20.6. The minimum absolute atomic E-state index is 0.428. The van der Waals surface area contributed by atoms with Gasteiger partial charge in [0.1, 0.15) is 0 Å². The van der Waals surface area contributed by atoms with E-state index >= 15 is 0 Å². The van der Waals surface area contributed by atoms with Gasteiger partial charge in [-0.05, 0) is 40.1 Å². The van der Waals surface area contributed by atoms with Crippen LogP contribution in [0.5, 0.6) is 0 Å². The molecule has 0 bridgehead atoms. The van der Waals surface area contributed by atoms with Crippen LogP contribution in [-0.4, -0.2) is 73.3 Å². The summed E-state index contributed by atoms with van der Waals surface area (Å²) in [4.78, 5) is 21.5. The van der Waals surface area contributed by atoms with E-state index in [0.29, 0.717) is 0 Å². The van der Waals surface area contributed by atoms with Gasteiger partial charge in [-0.2, -0.15) is 16.8 Å². The monoisotopic (exact) mass is 400 g/mol. The summed E-state index contributed by atoms with van der Waals surface area (Å²) < 4.78 is 59.4. The molecule has 0 fully saturated rings. The summed E-state index contributed by atoms with van der Waals surface area (Å²) in [5, 5.41) is 2.05. The standard InChI is InChI=1S/C7H13NO4S.C6H11NO4S/c1-4-7(9)6(8(2)3)5-13(10,11)12;1-4-5(8)7-6(2,3)12(9,10)11/h4,6H,1,5H2,2-3H3,(H,10,11,12);4H,1H2,2-3H3,(H,7,8)(H,9,10,11). The van der Waals surface area contributed by atoms with Gasteiger partial charge in [0.05, 0.1) is 11.8 Å². The number of nitrogens with one attached hydrogen (secondary N) is 1. The first kappa shape index (κ1) is 25.6. The molecule has 0 spiro atoms. The van der Waals surface area contributed by atoms with Crippen LogP contribution in [0.3, 0.4) is 0 Å². The van der Waals surface area contributed by atoms with Gasteiger partial charge in [0.15, 0.2) is 10.7 Å². The van der Waals surface area contributed by atoms with E-state index < -0.39 is 48.6 Å². The summed E-state index contributed by atoms with van der Waals surface area (Å²) in [7, 11) is -5.32. The number of ketones is 1. The van der Waals surface area contributed by atoms with Gasteiger partial charge in [-0.1, -0.05) is 13.2 Å². The fourth-order valence-electron chi connectivity index (χ4n) is 1.23. The molecule has 1 unspecified atom stereocenters. The van der Waals surface area contributed by atoms with E-state index in [9.17, 15) is 26.4 Å². The predicted molar refractivity (Wildman–Crippen MR) is 93.1 cm³/mol. The first-order valence-electron chi connectivity index (χ1n) is 6.68. The second-order valence-corrected chi connectivity index (χ2v) is 8.98. The van der Waals surface area contributed by atoms with Crippen LogP contribution >= 0.6 is 0 Å². The third-order valence-corrected chi connectivity index (χ3v) is 4.90. The molecule has 146 valence electrons. The maximum absolute atomic E-state index is 11.1. The molecule has 0 rings (SSSR count). The van der Waals surface area contributed by atoms with Crippen molar-refractivity contribution in [3.63, 3.8) is 0 Å². The number of amides is 1. The Kier molecular flexibility index (Phi) is 10.0. The maximum atomic E-state index is 11.1. The van der Waals surface area contributed by atoms with Gasteiger partial charge in [-0.15, -0.1) is 0 Å². The van der Waals surface area contributed by atoms with E-state index in [-0.39, 0.29) is 0 Å². The fraction of sp³-hybridized carbons (Fsp3) is 0.538. The maximum Gasteiger partial charge on any atom is 0.288 e. The van der Waals surface area contributed by atoms with Crippen molar-refractivity contribution >= 4 is 31.9 Å². The molecule has 0 aromatic heterocycles. The molecule has 1 atom stereocenters. The third-order valence-electron chi connectivity index (χ3n) is 2.78. The number of carbonyl (C=O) groups is 2. The predicted octanol–water partition coefficient (Wildman–Crippen LogP) is -0.528. The lowest BCUT2D eigenvalue weighted by atomic mass is 10.2. The van der Waals surface area contributed by atoms with Crippen molar-refractivity contribution in [2.45, 2.75) is 24.8 Å². The lowest BCUT2D eigenvalue weighted by Gasteiger charge is -2.21. The van der Waals surface area contributed by atoms with E-state index in [0.717, 1.165) is 12.2 Å². The molecule has 10 nitrogen and oxygen atoms in total. The zero-order valence-electron chi connectivity index (χ0n) is 14.5. The number of likely N-dealkylation sites (N-methyl/N-ethyl adjacent to an activating group) is 1. The summed E-state index contributed by atoms with van der Waals surface area (Å²) >= 11 is 0. The Morgan fingerprint density at radius 2 is 1.56 bits per heavy atom. The van der Waals surface area contributed by atoms with Crippen molar-refractivity contribution in [1.82, 2.24) is 10.2 Å². The fourth-order valence-corrected chi connectivity index (χ4v) is 2.32. The normalized spacial score (nSPS) is 13.2. The van der Waals surface area contributed by atoms with Crippen LogP contribution in [0.25, 0.3) is 0 Å². The first-order valence-corrected chi connectivity index (χ1v) is 9.73. The average Bonchev–Trinajstić information content (AvgIpc) is 2.41. The molecule has 0 saturated carbocycles. The van der Waals surface area contributed by atoms with Crippen LogP contribution in [0.15, 0.2) is 25.3 Å². The van der Waals surface area contributed by atoms with Gasteiger partial charge < -0.3 is 5.32 Å². The highest BCUT2D eigenvalue weighted by Gasteiger charge is 2.33. The summed E-state index contributed by atoms with van der Waals surface area (Å²) in [5.74, 6) is -1.69. The topological polar surface area (TPSA) is 158 Å². The largest absolute Gasteiger partial charge is 0.332 e. The van der Waals surface area contributed by atoms with Gasteiger partial charge in [0, 0.05) is 0 Å². The van der Waals surface area contributed by atoms with E-state index in [4.69, 9.17) is 9.11 Å². The molecular formula is C13H24N2O8S2. The molecule has 25 heavy (non-hydrogen) atoms. The summed E-state index contributed by atoms with van der Waals surface area (Å²) in [6, 6.07) is -0.868.